The lowest BCUT2D eigenvalue weighted by atomic mass is 9.99. The number of ether oxygens (including phenoxy) is 1. The maximum absolute atomic E-state index is 12.0. The molecule has 0 unspecified atom stereocenters. The molecule has 15 heavy (non-hydrogen) atoms. The lowest BCUT2D eigenvalue weighted by Gasteiger charge is -2.34. The highest BCUT2D eigenvalue weighted by atomic mass is 16.5. The zero-order chi connectivity index (χ0) is 10.7. The summed E-state index contributed by atoms with van der Waals surface area (Å²) in [4.78, 5) is 14.0. The van der Waals surface area contributed by atoms with Crippen LogP contribution >= 0.6 is 0 Å². The van der Waals surface area contributed by atoms with E-state index in [1.165, 1.54) is 0 Å². The topological polar surface area (TPSA) is 41.6 Å². The number of morpholine rings is 1. The Bertz CT molecular complexity index is 219. The first-order chi connectivity index (χ1) is 7.27. The van der Waals surface area contributed by atoms with Gasteiger partial charge in [-0.15, -0.1) is 0 Å². The molecule has 0 aromatic heterocycles. The van der Waals surface area contributed by atoms with Gasteiger partial charge >= 0.3 is 0 Å². The molecule has 0 aliphatic carbocycles. The summed E-state index contributed by atoms with van der Waals surface area (Å²) in [6, 6.07) is 0. The molecule has 0 spiro atoms. The molecular formula is C11H20N2O2. The Morgan fingerprint density at radius 2 is 2.13 bits per heavy atom. The maximum atomic E-state index is 12.0. The van der Waals surface area contributed by atoms with Gasteiger partial charge in [0.1, 0.15) is 6.10 Å². The number of likely N-dealkylation sites (tertiary alicyclic amines) is 1. The third kappa shape index (κ3) is 2.69. The van der Waals surface area contributed by atoms with Crippen LogP contribution in [0.1, 0.15) is 19.8 Å². The van der Waals surface area contributed by atoms with Crippen LogP contribution in [0.4, 0.5) is 0 Å². The smallest absolute Gasteiger partial charge is 0.253 e. The Morgan fingerprint density at radius 3 is 2.73 bits per heavy atom. The SMILES string of the molecule is CC1CCN(C(=O)[C@H]2CNCCO2)CC1. The summed E-state index contributed by atoms with van der Waals surface area (Å²) in [6.07, 6.45) is 2.02. The lowest BCUT2D eigenvalue weighted by Crippen LogP contribution is -2.51. The largest absolute Gasteiger partial charge is 0.366 e. The number of piperidine rings is 1. The summed E-state index contributed by atoms with van der Waals surface area (Å²) >= 11 is 0. The van der Waals surface area contributed by atoms with Crippen molar-refractivity contribution in [1.82, 2.24) is 10.2 Å². The van der Waals surface area contributed by atoms with Crippen molar-refractivity contribution in [3.63, 3.8) is 0 Å². The average molecular weight is 212 g/mol. The first kappa shape index (κ1) is 10.9. The third-order valence-corrected chi connectivity index (χ3v) is 3.30. The van der Waals surface area contributed by atoms with Crippen molar-refractivity contribution in [1.29, 1.82) is 0 Å². The molecule has 2 saturated heterocycles. The van der Waals surface area contributed by atoms with Gasteiger partial charge in [0.05, 0.1) is 6.61 Å². The van der Waals surface area contributed by atoms with E-state index in [1.807, 2.05) is 4.90 Å². The minimum absolute atomic E-state index is 0.175. The van der Waals surface area contributed by atoms with Gasteiger partial charge in [0.25, 0.3) is 5.91 Å². The van der Waals surface area contributed by atoms with Gasteiger partial charge in [-0.3, -0.25) is 4.79 Å². The van der Waals surface area contributed by atoms with Crippen molar-refractivity contribution in [3.8, 4) is 0 Å². The first-order valence-corrected chi connectivity index (χ1v) is 5.88. The molecule has 0 aromatic carbocycles. The van der Waals surface area contributed by atoms with Gasteiger partial charge in [0.15, 0.2) is 0 Å². The molecule has 86 valence electrons. The van der Waals surface area contributed by atoms with Gasteiger partial charge in [-0.2, -0.15) is 0 Å². The van der Waals surface area contributed by atoms with E-state index in [4.69, 9.17) is 4.74 Å². The zero-order valence-electron chi connectivity index (χ0n) is 9.37. The molecule has 2 rings (SSSR count). The van der Waals surface area contributed by atoms with Gasteiger partial charge in [0.2, 0.25) is 0 Å². The van der Waals surface area contributed by atoms with E-state index < -0.39 is 0 Å². The summed E-state index contributed by atoms with van der Waals surface area (Å²) in [6.45, 7) is 6.24. The molecule has 2 fully saturated rings. The number of carbonyl (C=O) groups excluding carboxylic acids is 1. The Morgan fingerprint density at radius 1 is 1.40 bits per heavy atom. The fourth-order valence-electron chi connectivity index (χ4n) is 2.16. The Balaban J connectivity index is 1.84. The number of hydrogen-bond acceptors (Lipinski definition) is 3. The molecule has 4 nitrogen and oxygen atoms in total. The van der Waals surface area contributed by atoms with E-state index in [0.717, 1.165) is 38.4 Å². The molecule has 1 atom stereocenters. The zero-order valence-corrected chi connectivity index (χ0v) is 9.37. The average Bonchev–Trinajstić information content (AvgIpc) is 2.30. The second-order valence-electron chi connectivity index (χ2n) is 4.57. The molecule has 0 aromatic rings. The molecule has 0 saturated carbocycles. The molecule has 2 heterocycles. The van der Waals surface area contributed by atoms with Crippen LogP contribution in [0.5, 0.6) is 0 Å². The number of carbonyl (C=O) groups is 1. The minimum Gasteiger partial charge on any atom is -0.366 e. The fourth-order valence-corrected chi connectivity index (χ4v) is 2.16. The molecule has 1 amide bonds. The second-order valence-corrected chi connectivity index (χ2v) is 4.57. The minimum atomic E-state index is -0.243. The molecule has 1 N–H and O–H groups in total. The molecule has 2 aliphatic rings. The van der Waals surface area contributed by atoms with E-state index in [1.54, 1.807) is 0 Å². The van der Waals surface area contributed by atoms with Crippen LogP contribution in [0, 0.1) is 5.92 Å². The summed E-state index contributed by atoms with van der Waals surface area (Å²) in [7, 11) is 0. The lowest BCUT2D eigenvalue weighted by molar-refractivity contribution is -0.146. The van der Waals surface area contributed by atoms with Crippen molar-refractivity contribution in [2.24, 2.45) is 5.92 Å². The molecule has 2 aliphatic heterocycles. The summed E-state index contributed by atoms with van der Waals surface area (Å²) < 4.78 is 5.47. The molecule has 0 radical (unpaired) electrons. The quantitative estimate of drug-likeness (QED) is 0.676. The van der Waals surface area contributed by atoms with Crippen LogP contribution in [0.2, 0.25) is 0 Å². The molecular weight excluding hydrogens is 192 g/mol. The van der Waals surface area contributed by atoms with Gasteiger partial charge in [-0.25, -0.2) is 0 Å². The predicted octanol–water partition coefficient (Wildman–Crippen LogP) is 0.233. The number of nitrogens with zero attached hydrogens (tertiary/aromatic N) is 1. The van der Waals surface area contributed by atoms with E-state index in [-0.39, 0.29) is 12.0 Å². The predicted molar refractivity (Wildman–Crippen MR) is 57.6 cm³/mol. The third-order valence-electron chi connectivity index (χ3n) is 3.30. The van der Waals surface area contributed by atoms with Crippen molar-refractivity contribution in [3.05, 3.63) is 0 Å². The Labute approximate surface area is 91.0 Å². The van der Waals surface area contributed by atoms with Crippen molar-refractivity contribution in [2.75, 3.05) is 32.8 Å². The summed E-state index contributed by atoms with van der Waals surface area (Å²) in [5, 5.41) is 3.19. The number of rotatable bonds is 1. The van der Waals surface area contributed by atoms with Crippen LogP contribution in [0.3, 0.4) is 0 Å². The van der Waals surface area contributed by atoms with E-state index in [9.17, 15) is 4.79 Å². The van der Waals surface area contributed by atoms with Crippen molar-refractivity contribution < 1.29 is 9.53 Å². The monoisotopic (exact) mass is 212 g/mol. The number of hydrogen-bond donors (Lipinski definition) is 1. The van der Waals surface area contributed by atoms with Crippen LogP contribution in [-0.4, -0.2) is 49.7 Å². The first-order valence-electron chi connectivity index (χ1n) is 5.88. The summed E-state index contributed by atoms with van der Waals surface area (Å²) in [5.74, 6) is 0.938. The van der Waals surface area contributed by atoms with Gasteiger partial charge in [-0.1, -0.05) is 6.92 Å². The Kier molecular flexibility index (Phi) is 3.59. The second kappa shape index (κ2) is 4.94. The normalized spacial score (nSPS) is 29.1. The fraction of sp³-hybridized carbons (Fsp3) is 0.909. The standard InChI is InChI=1S/C11H20N2O2/c1-9-2-5-13(6-3-9)11(14)10-8-12-4-7-15-10/h9-10,12H,2-8H2,1H3/t10-/m1/s1. The molecule has 0 bridgehead atoms. The van der Waals surface area contributed by atoms with Gasteiger partial charge in [0, 0.05) is 26.2 Å². The van der Waals surface area contributed by atoms with E-state index in [2.05, 4.69) is 12.2 Å². The summed E-state index contributed by atoms with van der Waals surface area (Å²) in [5.41, 5.74) is 0. The van der Waals surface area contributed by atoms with Crippen LogP contribution in [-0.2, 0) is 9.53 Å². The highest BCUT2D eigenvalue weighted by molar-refractivity contribution is 5.81. The van der Waals surface area contributed by atoms with E-state index in [0.29, 0.717) is 13.2 Å². The van der Waals surface area contributed by atoms with Crippen molar-refractivity contribution in [2.45, 2.75) is 25.9 Å². The number of amides is 1. The van der Waals surface area contributed by atoms with Crippen LogP contribution in [0.15, 0.2) is 0 Å². The van der Waals surface area contributed by atoms with Crippen molar-refractivity contribution >= 4 is 5.91 Å². The van der Waals surface area contributed by atoms with Gasteiger partial charge < -0.3 is 15.0 Å². The maximum Gasteiger partial charge on any atom is 0.253 e. The number of nitrogens with one attached hydrogen (secondary N) is 1. The highest BCUT2D eigenvalue weighted by Crippen LogP contribution is 2.17. The van der Waals surface area contributed by atoms with Gasteiger partial charge in [-0.05, 0) is 18.8 Å². The highest BCUT2D eigenvalue weighted by Gasteiger charge is 2.28. The van der Waals surface area contributed by atoms with Crippen LogP contribution in [0.25, 0.3) is 0 Å². The molecule has 4 heteroatoms. The van der Waals surface area contributed by atoms with E-state index >= 15 is 0 Å². The Hall–Kier alpha value is -0.610. The van der Waals surface area contributed by atoms with Crippen LogP contribution < -0.4 is 5.32 Å².